The highest BCUT2D eigenvalue weighted by Crippen LogP contribution is 2.25. The molecule has 4 N–H and O–H groups in total. The number of carbonyl (C=O) groups is 1. The van der Waals surface area contributed by atoms with Crippen molar-refractivity contribution in [2.24, 2.45) is 5.73 Å². The number of furan rings is 1. The van der Waals surface area contributed by atoms with Crippen LogP contribution in [0.3, 0.4) is 0 Å². The molecule has 0 aliphatic heterocycles. The number of benzene rings is 1. The summed E-state index contributed by atoms with van der Waals surface area (Å²) in [5, 5.41) is 12.3. The van der Waals surface area contributed by atoms with Crippen LogP contribution in [0, 0.1) is 0 Å². The fraction of sp³-hybridized carbons (Fsp3) is 0.214. The van der Waals surface area contributed by atoms with Crippen LogP contribution in [0.5, 0.6) is 5.75 Å². The summed E-state index contributed by atoms with van der Waals surface area (Å²) >= 11 is 0. The monoisotopic (exact) mass is 260 g/mol. The minimum Gasteiger partial charge on any atom is -0.506 e. The molecule has 0 aliphatic rings. The predicted octanol–water partition coefficient (Wildman–Crippen LogP) is 2.26. The van der Waals surface area contributed by atoms with Crippen molar-refractivity contribution in [3.8, 4) is 5.75 Å². The van der Waals surface area contributed by atoms with Crippen LogP contribution in [0.4, 0.5) is 5.69 Å². The van der Waals surface area contributed by atoms with E-state index < -0.39 is 5.91 Å². The molecule has 0 spiro atoms. The van der Waals surface area contributed by atoms with Gasteiger partial charge in [0, 0.05) is 0 Å². The average Bonchev–Trinajstić information content (AvgIpc) is 2.90. The molecule has 1 heterocycles. The van der Waals surface area contributed by atoms with Gasteiger partial charge in [0.1, 0.15) is 11.5 Å². The molecule has 2 aromatic rings. The number of aromatic hydroxyl groups is 1. The maximum absolute atomic E-state index is 11.9. The van der Waals surface area contributed by atoms with E-state index in [4.69, 9.17) is 10.2 Å². The molecule has 1 aromatic carbocycles. The van der Waals surface area contributed by atoms with Crippen molar-refractivity contribution in [3.63, 3.8) is 0 Å². The van der Waals surface area contributed by atoms with Gasteiger partial charge in [-0.25, -0.2) is 0 Å². The van der Waals surface area contributed by atoms with Crippen molar-refractivity contribution in [2.45, 2.75) is 19.9 Å². The Labute approximate surface area is 111 Å². The Hall–Kier alpha value is -2.27. The first-order chi connectivity index (χ1) is 9.13. The lowest BCUT2D eigenvalue weighted by Gasteiger charge is -2.07. The molecule has 0 saturated carbocycles. The molecule has 0 fully saturated rings. The molecule has 0 atom stereocenters. The Balaban J connectivity index is 2.18. The Morgan fingerprint density at radius 3 is 2.79 bits per heavy atom. The summed E-state index contributed by atoms with van der Waals surface area (Å²) in [6, 6.07) is 8.31. The Morgan fingerprint density at radius 1 is 1.37 bits per heavy atom. The predicted molar refractivity (Wildman–Crippen MR) is 72.0 cm³/mol. The van der Waals surface area contributed by atoms with Crippen LogP contribution < -0.4 is 11.1 Å². The summed E-state index contributed by atoms with van der Waals surface area (Å²) in [5.41, 5.74) is 6.81. The number of nitrogens with one attached hydrogen (secondary N) is 1. The molecular formula is C14H16N2O3. The standard InChI is InChI=1S/C14H16N2O3/c1-2-9-3-5-12(17)11(7-9)16-14(18)13-6-4-10(8-15)19-13/h3-7,17H,2,8,15H2,1H3,(H,16,18). The van der Waals surface area contributed by atoms with E-state index in [0.717, 1.165) is 12.0 Å². The van der Waals surface area contributed by atoms with Gasteiger partial charge in [-0.1, -0.05) is 13.0 Å². The lowest BCUT2D eigenvalue weighted by Crippen LogP contribution is -2.11. The van der Waals surface area contributed by atoms with Crippen molar-refractivity contribution < 1.29 is 14.3 Å². The molecule has 19 heavy (non-hydrogen) atoms. The summed E-state index contributed by atoms with van der Waals surface area (Å²) < 4.78 is 5.24. The number of aryl methyl sites for hydroxylation is 1. The number of anilines is 1. The molecule has 0 radical (unpaired) electrons. The van der Waals surface area contributed by atoms with Crippen molar-refractivity contribution in [3.05, 3.63) is 47.4 Å². The first kappa shape index (κ1) is 13.2. The normalized spacial score (nSPS) is 10.4. The molecule has 5 nitrogen and oxygen atoms in total. The third-order valence-corrected chi connectivity index (χ3v) is 2.80. The molecule has 0 aliphatic carbocycles. The Morgan fingerprint density at radius 2 is 2.16 bits per heavy atom. The van der Waals surface area contributed by atoms with Crippen LogP contribution in [-0.2, 0) is 13.0 Å². The fourth-order valence-corrected chi connectivity index (χ4v) is 1.70. The van der Waals surface area contributed by atoms with Gasteiger partial charge >= 0.3 is 0 Å². The zero-order valence-corrected chi connectivity index (χ0v) is 10.6. The Kier molecular flexibility index (Phi) is 3.87. The summed E-state index contributed by atoms with van der Waals surface area (Å²) in [7, 11) is 0. The average molecular weight is 260 g/mol. The van der Waals surface area contributed by atoms with Crippen molar-refractivity contribution in [1.82, 2.24) is 0 Å². The van der Waals surface area contributed by atoms with Gasteiger partial charge in [-0.15, -0.1) is 0 Å². The molecule has 1 aromatic heterocycles. The lowest BCUT2D eigenvalue weighted by molar-refractivity contribution is 0.0994. The number of amides is 1. The third kappa shape index (κ3) is 2.95. The first-order valence-electron chi connectivity index (χ1n) is 6.06. The van der Waals surface area contributed by atoms with Gasteiger partial charge in [-0.2, -0.15) is 0 Å². The van der Waals surface area contributed by atoms with Crippen molar-refractivity contribution in [1.29, 1.82) is 0 Å². The van der Waals surface area contributed by atoms with Gasteiger partial charge in [-0.05, 0) is 36.2 Å². The largest absolute Gasteiger partial charge is 0.506 e. The minimum atomic E-state index is -0.414. The second-order valence-electron chi connectivity index (χ2n) is 4.13. The maximum Gasteiger partial charge on any atom is 0.291 e. The second kappa shape index (κ2) is 5.58. The van der Waals surface area contributed by atoms with E-state index in [2.05, 4.69) is 5.32 Å². The van der Waals surface area contributed by atoms with Crippen LogP contribution >= 0.6 is 0 Å². The number of hydrogen-bond donors (Lipinski definition) is 3. The molecule has 1 amide bonds. The number of phenols is 1. The van der Waals surface area contributed by atoms with Gasteiger partial charge in [0.2, 0.25) is 0 Å². The molecule has 0 bridgehead atoms. The van der Waals surface area contributed by atoms with Crippen molar-refractivity contribution >= 4 is 11.6 Å². The van der Waals surface area contributed by atoms with E-state index in [1.54, 1.807) is 24.3 Å². The fourth-order valence-electron chi connectivity index (χ4n) is 1.70. The number of rotatable bonds is 4. The lowest BCUT2D eigenvalue weighted by atomic mass is 10.1. The Bertz CT molecular complexity index is 590. The smallest absolute Gasteiger partial charge is 0.291 e. The van der Waals surface area contributed by atoms with Gasteiger partial charge in [0.25, 0.3) is 5.91 Å². The van der Waals surface area contributed by atoms with E-state index in [-0.39, 0.29) is 18.1 Å². The quantitative estimate of drug-likeness (QED) is 0.736. The van der Waals surface area contributed by atoms with Gasteiger partial charge < -0.3 is 20.6 Å². The molecule has 0 saturated heterocycles. The van der Waals surface area contributed by atoms with E-state index >= 15 is 0 Å². The number of phenolic OH excluding ortho intramolecular Hbond substituents is 1. The topological polar surface area (TPSA) is 88.5 Å². The highest BCUT2D eigenvalue weighted by molar-refractivity contribution is 6.03. The zero-order valence-electron chi connectivity index (χ0n) is 10.6. The summed E-state index contributed by atoms with van der Waals surface area (Å²) in [6.07, 6.45) is 0.821. The first-order valence-corrected chi connectivity index (χ1v) is 6.06. The highest BCUT2D eigenvalue weighted by Gasteiger charge is 2.13. The van der Waals surface area contributed by atoms with E-state index in [9.17, 15) is 9.90 Å². The van der Waals surface area contributed by atoms with Gasteiger partial charge in [0.05, 0.1) is 12.2 Å². The number of hydrogen-bond acceptors (Lipinski definition) is 4. The number of nitrogens with two attached hydrogens (primary N) is 1. The molecule has 5 heteroatoms. The van der Waals surface area contributed by atoms with Crippen LogP contribution in [0.2, 0.25) is 0 Å². The summed E-state index contributed by atoms with van der Waals surface area (Å²) in [4.78, 5) is 11.9. The van der Waals surface area contributed by atoms with Crippen LogP contribution in [0.25, 0.3) is 0 Å². The zero-order chi connectivity index (χ0) is 13.8. The van der Waals surface area contributed by atoms with E-state index in [1.807, 2.05) is 13.0 Å². The third-order valence-electron chi connectivity index (χ3n) is 2.80. The van der Waals surface area contributed by atoms with Crippen LogP contribution in [-0.4, -0.2) is 11.0 Å². The highest BCUT2D eigenvalue weighted by atomic mass is 16.4. The maximum atomic E-state index is 11.9. The second-order valence-corrected chi connectivity index (χ2v) is 4.13. The van der Waals surface area contributed by atoms with Crippen LogP contribution in [0.15, 0.2) is 34.7 Å². The van der Waals surface area contributed by atoms with E-state index in [1.165, 1.54) is 0 Å². The number of carbonyl (C=O) groups excluding carboxylic acids is 1. The molecular weight excluding hydrogens is 244 g/mol. The SMILES string of the molecule is CCc1ccc(O)c(NC(=O)c2ccc(CN)o2)c1. The molecule has 2 rings (SSSR count). The van der Waals surface area contributed by atoms with Crippen molar-refractivity contribution in [2.75, 3.05) is 5.32 Å². The summed E-state index contributed by atoms with van der Waals surface area (Å²) in [5.74, 6) is 0.317. The van der Waals surface area contributed by atoms with E-state index in [0.29, 0.717) is 11.4 Å². The van der Waals surface area contributed by atoms with Gasteiger partial charge in [-0.3, -0.25) is 4.79 Å². The summed E-state index contributed by atoms with van der Waals surface area (Å²) in [6.45, 7) is 2.24. The molecule has 0 unspecified atom stereocenters. The van der Waals surface area contributed by atoms with Gasteiger partial charge in [0.15, 0.2) is 5.76 Å². The minimum absolute atomic E-state index is 0.0242. The van der Waals surface area contributed by atoms with Crippen LogP contribution in [0.1, 0.15) is 28.8 Å². The molecule has 100 valence electrons.